The Labute approximate surface area is 235 Å². The first-order chi connectivity index (χ1) is 18.9. The monoisotopic (exact) mass is 542 g/mol. The number of ether oxygens (including phenoxy) is 1. The number of nitrogens with zero attached hydrogens (tertiary/aromatic N) is 2. The van der Waals surface area contributed by atoms with Gasteiger partial charge in [-0.2, -0.15) is 0 Å². The molecule has 1 aliphatic carbocycles. The Kier molecular flexibility index (Phi) is 8.08. The summed E-state index contributed by atoms with van der Waals surface area (Å²) in [5.41, 5.74) is 7.59. The lowest BCUT2D eigenvalue weighted by Gasteiger charge is -2.19. The molecule has 0 N–H and O–H groups in total. The molecule has 0 radical (unpaired) electrons. The Balaban J connectivity index is 1.25. The summed E-state index contributed by atoms with van der Waals surface area (Å²) in [6, 6.07) is 25.1. The molecule has 4 aromatic rings. The van der Waals surface area contributed by atoms with Crippen LogP contribution in [0, 0.1) is 6.92 Å². The summed E-state index contributed by atoms with van der Waals surface area (Å²) in [7, 11) is 2.09. The van der Waals surface area contributed by atoms with Gasteiger partial charge in [0.05, 0.1) is 13.0 Å². The van der Waals surface area contributed by atoms with E-state index in [9.17, 15) is 4.79 Å². The second-order valence-electron chi connectivity index (χ2n) is 10.5. The Hall–Kier alpha value is -3.57. The summed E-state index contributed by atoms with van der Waals surface area (Å²) in [6.07, 6.45) is 4.49. The Bertz CT molecular complexity index is 1420. The fraction of sp³-hybridized carbons (Fsp3) is 0.333. The summed E-state index contributed by atoms with van der Waals surface area (Å²) < 4.78 is 11.0. The molecule has 1 fully saturated rings. The number of aromatic nitrogens is 1. The second kappa shape index (κ2) is 11.7. The average molecular weight is 543 g/mol. The van der Waals surface area contributed by atoms with Crippen molar-refractivity contribution in [1.82, 2.24) is 5.16 Å². The van der Waals surface area contributed by atoms with Crippen LogP contribution in [0.4, 0.5) is 5.69 Å². The van der Waals surface area contributed by atoms with Crippen molar-refractivity contribution in [3.8, 4) is 22.5 Å². The van der Waals surface area contributed by atoms with E-state index in [2.05, 4.69) is 71.7 Å². The number of benzene rings is 3. The summed E-state index contributed by atoms with van der Waals surface area (Å²) in [5.74, 6) is 0.678. The highest BCUT2D eigenvalue weighted by Crippen LogP contribution is 2.51. The van der Waals surface area contributed by atoms with E-state index >= 15 is 0 Å². The number of rotatable bonds is 11. The second-order valence-corrected chi connectivity index (χ2v) is 11.0. The quantitative estimate of drug-likeness (QED) is 0.180. The molecule has 0 amide bonds. The molecule has 5 rings (SSSR count). The van der Waals surface area contributed by atoms with Crippen molar-refractivity contribution in [3.05, 3.63) is 94.6 Å². The minimum absolute atomic E-state index is 0.0463. The first kappa shape index (κ1) is 27.0. The molecule has 0 atom stereocenters. The third-order valence-corrected chi connectivity index (χ3v) is 7.92. The normalized spacial score (nSPS) is 13.7. The third kappa shape index (κ3) is 6.20. The van der Waals surface area contributed by atoms with Crippen LogP contribution in [0.2, 0.25) is 5.02 Å². The van der Waals surface area contributed by atoms with Gasteiger partial charge < -0.3 is 14.2 Å². The van der Waals surface area contributed by atoms with E-state index in [1.165, 1.54) is 11.1 Å². The molecule has 1 aliphatic rings. The zero-order chi connectivity index (χ0) is 27.4. The zero-order valence-corrected chi connectivity index (χ0v) is 23.6. The molecule has 0 aliphatic heterocycles. The Morgan fingerprint density at radius 2 is 1.69 bits per heavy atom. The Morgan fingerprint density at radius 1 is 1.03 bits per heavy atom. The minimum atomic E-state index is -0.108. The largest absolute Gasteiger partial charge is 0.466 e. The topological polar surface area (TPSA) is 55.6 Å². The molecule has 3 aromatic carbocycles. The molecule has 1 saturated carbocycles. The predicted octanol–water partition coefficient (Wildman–Crippen LogP) is 8.02. The van der Waals surface area contributed by atoms with Crippen LogP contribution in [-0.4, -0.2) is 31.3 Å². The lowest BCUT2D eigenvalue weighted by Crippen LogP contribution is -2.20. The van der Waals surface area contributed by atoms with E-state index in [0.717, 1.165) is 71.1 Å². The number of hydrogen-bond acceptors (Lipinski definition) is 5. The minimum Gasteiger partial charge on any atom is -0.466 e. The van der Waals surface area contributed by atoms with Crippen molar-refractivity contribution in [3.63, 3.8) is 0 Å². The van der Waals surface area contributed by atoms with Crippen LogP contribution in [0.3, 0.4) is 0 Å². The fourth-order valence-corrected chi connectivity index (χ4v) is 5.58. The Morgan fingerprint density at radius 3 is 2.33 bits per heavy atom. The number of halogens is 1. The molecule has 1 aromatic heterocycles. The molecular weight excluding hydrogens is 508 g/mol. The fourth-order valence-electron chi connectivity index (χ4n) is 5.37. The number of esters is 1. The van der Waals surface area contributed by atoms with Gasteiger partial charge in [0.2, 0.25) is 0 Å². The van der Waals surface area contributed by atoms with Crippen molar-refractivity contribution < 1.29 is 14.1 Å². The van der Waals surface area contributed by atoms with Crippen LogP contribution >= 0.6 is 11.6 Å². The van der Waals surface area contributed by atoms with Crippen molar-refractivity contribution in [2.75, 3.05) is 25.1 Å². The highest BCUT2D eigenvalue weighted by Gasteiger charge is 2.46. The summed E-state index contributed by atoms with van der Waals surface area (Å²) in [6.45, 7) is 5.15. The first-order valence-corrected chi connectivity index (χ1v) is 14.1. The molecule has 0 spiro atoms. The van der Waals surface area contributed by atoms with Crippen LogP contribution in [0.1, 0.15) is 49.4 Å². The maximum atomic E-state index is 12.1. The van der Waals surface area contributed by atoms with Gasteiger partial charge in [0.15, 0.2) is 5.76 Å². The van der Waals surface area contributed by atoms with Crippen LogP contribution in [0.15, 0.2) is 77.3 Å². The standard InChI is InChI=1S/C33H35ClN2O3/c1-4-38-30(37)22-33(18-19-33)28-16-14-26(15-17-28)25-10-12-27(13-11-25)32-31(23(2)35-39-32)36(3)20-6-8-24-7-5-9-29(34)21-24/h5,7,9-17,21H,4,6,8,18-20,22H2,1-3H3. The van der Waals surface area contributed by atoms with Gasteiger partial charge in [-0.05, 0) is 73.9 Å². The number of carbonyl (C=O) groups is 1. The highest BCUT2D eigenvalue weighted by molar-refractivity contribution is 6.30. The molecule has 0 bridgehead atoms. The van der Waals surface area contributed by atoms with Gasteiger partial charge in [0.25, 0.3) is 0 Å². The van der Waals surface area contributed by atoms with Gasteiger partial charge in [-0.15, -0.1) is 0 Å². The number of hydrogen-bond donors (Lipinski definition) is 0. The maximum Gasteiger partial charge on any atom is 0.306 e. The summed E-state index contributed by atoms with van der Waals surface area (Å²) >= 11 is 6.13. The molecule has 202 valence electrons. The van der Waals surface area contributed by atoms with Gasteiger partial charge in [-0.1, -0.05) is 77.4 Å². The number of carbonyl (C=O) groups excluding carboxylic acids is 1. The summed E-state index contributed by atoms with van der Waals surface area (Å²) in [5, 5.41) is 5.05. The van der Waals surface area contributed by atoms with Gasteiger partial charge in [-0.25, -0.2) is 0 Å². The highest BCUT2D eigenvalue weighted by atomic mass is 35.5. The van der Waals surface area contributed by atoms with Crippen molar-refractivity contribution in [2.24, 2.45) is 0 Å². The van der Waals surface area contributed by atoms with E-state index < -0.39 is 0 Å². The van der Waals surface area contributed by atoms with Gasteiger partial charge >= 0.3 is 5.97 Å². The number of aryl methyl sites for hydroxylation is 2. The van der Waals surface area contributed by atoms with E-state index in [1.807, 2.05) is 32.0 Å². The third-order valence-electron chi connectivity index (χ3n) is 7.68. The molecule has 0 saturated heterocycles. The van der Waals surface area contributed by atoms with Crippen molar-refractivity contribution >= 4 is 23.3 Å². The predicted molar refractivity (Wildman–Crippen MR) is 157 cm³/mol. The molecule has 0 unspecified atom stereocenters. The van der Waals surface area contributed by atoms with Crippen LogP contribution < -0.4 is 4.90 Å². The van der Waals surface area contributed by atoms with E-state index in [4.69, 9.17) is 20.9 Å². The zero-order valence-electron chi connectivity index (χ0n) is 22.9. The maximum absolute atomic E-state index is 12.1. The van der Waals surface area contributed by atoms with Gasteiger partial charge in [0, 0.05) is 29.6 Å². The molecule has 39 heavy (non-hydrogen) atoms. The first-order valence-electron chi connectivity index (χ1n) is 13.7. The lowest BCUT2D eigenvalue weighted by molar-refractivity contribution is -0.143. The molecule has 1 heterocycles. The molecular formula is C33H35ClN2O3. The van der Waals surface area contributed by atoms with Gasteiger partial charge in [0.1, 0.15) is 11.4 Å². The average Bonchev–Trinajstić information content (AvgIpc) is 3.61. The SMILES string of the molecule is CCOC(=O)CC1(c2ccc(-c3ccc(-c4onc(C)c4N(C)CCCc4cccc(Cl)c4)cc3)cc2)CC1. The number of anilines is 1. The molecule has 5 nitrogen and oxygen atoms in total. The summed E-state index contributed by atoms with van der Waals surface area (Å²) in [4.78, 5) is 14.3. The smallest absolute Gasteiger partial charge is 0.306 e. The van der Waals surface area contributed by atoms with E-state index in [1.54, 1.807) is 0 Å². The lowest BCUT2D eigenvalue weighted by atomic mass is 9.91. The van der Waals surface area contributed by atoms with Gasteiger partial charge in [-0.3, -0.25) is 4.79 Å². The molecule has 6 heteroatoms. The van der Waals surface area contributed by atoms with Crippen LogP contribution in [0.5, 0.6) is 0 Å². The van der Waals surface area contributed by atoms with Crippen molar-refractivity contribution in [2.45, 2.75) is 51.4 Å². The van der Waals surface area contributed by atoms with Crippen LogP contribution in [0.25, 0.3) is 22.5 Å². The van der Waals surface area contributed by atoms with E-state index in [0.29, 0.717) is 13.0 Å². The van der Waals surface area contributed by atoms with Crippen LogP contribution in [-0.2, 0) is 21.4 Å². The van der Waals surface area contributed by atoms with E-state index in [-0.39, 0.29) is 11.4 Å². The van der Waals surface area contributed by atoms with Crippen molar-refractivity contribution in [1.29, 1.82) is 0 Å².